The number of carbonyl (C=O) groups excluding carboxylic acids is 3. The van der Waals surface area contributed by atoms with Gasteiger partial charge in [0.1, 0.15) is 12.8 Å². The van der Waals surface area contributed by atoms with Crippen LogP contribution in [0.1, 0.15) is 12.8 Å². The largest absolute Gasteiger partial charge is 0.481 e. The standard InChI is InChI=1S/C4H7NO3.C4H5NO2/c1-5-3(6)2-4(7)8;1-5-3(6)2-4(5)7/h2H2,1H3,(H,5,6)(H,7,8);2H2,1H3. The van der Waals surface area contributed by atoms with Crippen LogP contribution in [-0.4, -0.2) is 47.8 Å². The number of imide groups is 1. The number of amides is 3. The molecule has 0 aliphatic carbocycles. The Kier molecular flexibility index (Phi) is 5.00. The highest BCUT2D eigenvalue weighted by molar-refractivity contribution is 6.14. The van der Waals surface area contributed by atoms with E-state index in [2.05, 4.69) is 5.32 Å². The topological polar surface area (TPSA) is 104 Å². The van der Waals surface area contributed by atoms with Crippen molar-refractivity contribution >= 4 is 23.7 Å². The number of nitrogens with zero attached hydrogens (tertiary/aromatic N) is 1. The molecule has 0 bridgehead atoms. The van der Waals surface area contributed by atoms with Gasteiger partial charge in [0.15, 0.2) is 0 Å². The van der Waals surface area contributed by atoms with Crippen molar-refractivity contribution in [1.82, 2.24) is 10.2 Å². The molecule has 2 N–H and O–H groups in total. The maximum atomic E-state index is 10.1. The van der Waals surface area contributed by atoms with Crippen LogP contribution in [0.4, 0.5) is 0 Å². The molecule has 1 saturated heterocycles. The predicted molar refractivity (Wildman–Crippen MR) is 48.7 cm³/mol. The number of rotatable bonds is 2. The maximum absolute atomic E-state index is 10.1. The lowest BCUT2D eigenvalue weighted by atomic mass is 10.2. The summed E-state index contributed by atoms with van der Waals surface area (Å²) >= 11 is 0. The van der Waals surface area contributed by atoms with Crippen LogP contribution in [0.25, 0.3) is 0 Å². The minimum atomic E-state index is -1.11. The van der Waals surface area contributed by atoms with Gasteiger partial charge >= 0.3 is 5.97 Å². The van der Waals surface area contributed by atoms with E-state index in [1.165, 1.54) is 14.1 Å². The molecule has 0 radical (unpaired) electrons. The average molecular weight is 216 g/mol. The first kappa shape index (κ1) is 13.1. The predicted octanol–water partition coefficient (Wildman–Crippen LogP) is -1.42. The molecule has 1 heterocycles. The maximum Gasteiger partial charge on any atom is 0.312 e. The van der Waals surface area contributed by atoms with E-state index in [1.54, 1.807) is 0 Å². The monoisotopic (exact) mass is 216 g/mol. The Morgan fingerprint density at radius 2 is 1.87 bits per heavy atom. The first-order chi connectivity index (χ1) is 6.88. The number of aliphatic carboxylic acids is 1. The van der Waals surface area contributed by atoms with Crippen LogP contribution in [0.15, 0.2) is 0 Å². The lowest BCUT2D eigenvalue weighted by Gasteiger charge is -2.22. The first-order valence-corrected chi connectivity index (χ1v) is 4.10. The summed E-state index contributed by atoms with van der Waals surface area (Å²) in [5, 5.41) is 10.1. The molecule has 0 unspecified atom stereocenters. The fourth-order valence-corrected chi connectivity index (χ4v) is 0.640. The molecule has 84 valence electrons. The van der Waals surface area contributed by atoms with Gasteiger partial charge in [-0.05, 0) is 0 Å². The average Bonchev–Trinajstić information content (AvgIpc) is 2.17. The number of β-lactam (4-membered cyclic amide) rings is 2. The van der Waals surface area contributed by atoms with Gasteiger partial charge in [0.05, 0.1) is 0 Å². The van der Waals surface area contributed by atoms with E-state index in [0.29, 0.717) is 0 Å². The second-order valence-corrected chi connectivity index (χ2v) is 2.77. The van der Waals surface area contributed by atoms with Crippen LogP contribution < -0.4 is 5.32 Å². The number of carboxylic acid groups (broad SMARTS) is 1. The number of hydrogen-bond donors (Lipinski definition) is 2. The summed E-state index contributed by atoms with van der Waals surface area (Å²) in [4.78, 5) is 41.2. The van der Waals surface area contributed by atoms with Crippen molar-refractivity contribution in [2.75, 3.05) is 14.1 Å². The molecular formula is C8H12N2O5. The molecule has 1 aliphatic rings. The van der Waals surface area contributed by atoms with E-state index in [1.807, 2.05) is 0 Å². The highest BCUT2D eigenvalue weighted by atomic mass is 16.4. The smallest absolute Gasteiger partial charge is 0.312 e. The Hall–Kier alpha value is -1.92. The Balaban J connectivity index is 0.000000262. The number of nitrogens with one attached hydrogen (secondary N) is 1. The van der Waals surface area contributed by atoms with E-state index < -0.39 is 18.3 Å². The minimum absolute atomic E-state index is 0.0787. The van der Waals surface area contributed by atoms with Gasteiger partial charge in [-0.3, -0.25) is 24.1 Å². The van der Waals surface area contributed by atoms with Crippen molar-refractivity contribution in [2.45, 2.75) is 12.8 Å². The van der Waals surface area contributed by atoms with Crippen LogP contribution in [-0.2, 0) is 19.2 Å². The molecule has 0 atom stereocenters. The second kappa shape index (κ2) is 5.74. The van der Waals surface area contributed by atoms with E-state index in [4.69, 9.17) is 5.11 Å². The third-order valence-electron chi connectivity index (χ3n) is 1.64. The van der Waals surface area contributed by atoms with E-state index in [9.17, 15) is 19.2 Å². The van der Waals surface area contributed by atoms with Crippen LogP contribution in [0.5, 0.6) is 0 Å². The van der Waals surface area contributed by atoms with Crippen LogP contribution >= 0.6 is 0 Å². The van der Waals surface area contributed by atoms with Crippen molar-refractivity contribution in [2.24, 2.45) is 0 Å². The molecular weight excluding hydrogens is 204 g/mol. The zero-order valence-electron chi connectivity index (χ0n) is 8.44. The number of hydrogen-bond acceptors (Lipinski definition) is 4. The van der Waals surface area contributed by atoms with Gasteiger partial charge in [0.25, 0.3) is 0 Å². The van der Waals surface area contributed by atoms with Gasteiger partial charge in [-0.25, -0.2) is 0 Å². The van der Waals surface area contributed by atoms with Crippen molar-refractivity contribution in [3.63, 3.8) is 0 Å². The second-order valence-electron chi connectivity index (χ2n) is 2.77. The number of likely N-dealkylation sites (tertiary alicyclic amines) is 1. The zero-order chi connectivity index (χ0) is 12.0. The molecule has 0 aromatic carbocycles. The van der Waals surface area contributed by atoms with Gasteiger partial charge in [0.2, 0.25) is 17.7 Å². The highest BCUT2D eigenvalue weighted by Gasteiger charge is 2.29. The SMILES string of the molecule is CN1C(=O)CC1=O.CNC(=O)CC(=O)O. The van der Waals surface area contributed by atoms with Crippen molar-refractivity contribution in [3.8, 4) is 0 Å². The summed E-state index contributed by atoms with van der Waals surface area (Å²) in [5.41, 5.74) is 0. The molecule has 7 nitrogen and oxygen atoms in total. The van der Waals surface area contributed by atoms with Crippen molar-refractivity contribution < 1.29 is 24.3 Å². The van der Waals surface area contributed by atoms with Gasteiger partial charge in [-0.2, -0.15) is 0 Å². The molecule has 0 spiro atoms. The number of carboxylic acids is 1. The fraction of sp³-hybridized carbons (Fsp3) is 0.500. The molecule has 1 aliphatic heterocycles. The van der Waals surface area contributed by atoms with Gasteiger partial charge in [0, 0.05) is 14.1 Å². The zero-order valence-corrected chi connectivity index (χ0v) is 8.44. The van der Waals surface area contributed by atoms with Crippen LogP contribution in [0.3, 0.4) is 0 Å². The molecule has 0 aromatic rings. The molecule has 0 saturated carbocycles. The molecule has 15 heavy (non-hydrogen) atoms. The van der Waals surface area contributed by atoms with E-state index >= 15 is 0 Å². The first-order valence-electron chi connectivity index (χ1n) is 4.10. The normalized spacial score (nSPS) is 13.6. The third kappa shape index (κ3) is 4.75. The summed E-state index contributed by atoms with van der Waals surface area (Å²) in [5.74, 6) is -1.74. The lowest BCUT2D eigenvalue weighted by molar-refractivity contribution is -0.155. The summed E-state index contributed by atoms with van der Waals surface area (Å²) in [7, 11) is 2.87. The van der Waals surface area contributed by atoms with Crippen LogP contribution in [0.2, 0.25) is 0 Å². The Morgan fingerprint density at radius 3 is 1.93 bits per heavy atom. The summed E-state index contributed by atoms with van der Waals surface area (Å²) in [6.07, 6.45) is -0.340. The molecule has 0 aromatic heterocycles. The molecule has 1 rings (SSSR count). The molecule has 3 amide bonds. The lowest BCUT2D eigenvalue weighted by Crippen LogP contribution is -2.45. The summed E-state index contributed by atoms with van der Waals surface area (Å²) in [6.45, 7) is 0. The fourth-order valence-electron chi connectivity index (χ4n) is 0.640. The Bertz CT molecular complexity index is 285. The highest BCUT2D eigenvalue weighted by Crippen LogP contribution is 2.05. The Labute approximate surface area is 86.0 Å². The van der Waals surface area contributed by atoms with Gasteiger partial charge in [-0.1, -0.05) is 0 Å². The van der Waals surface area contributed by atoms with Gasteiger partial charge in [-0.15, -0.1) is 0 Å². The van der Waals surface area contributed by atoms with Crippen molar-refractivity contribution in [1.29, 1.82) is 0 Å². The number of carbonyl (C=O) groups is 4. The molecule has 1 fully saturated rings. The van der Waals surface area contributed by atoms with E-state index in [-0.39, 0.29) is 18.2 Å². The quantitative estimate of drug-likeness (QED) is 0.435. The van der Waals surface area contributed by atoms with Gasteiger partial charge < -0.3 is 10.4 Å². The summed E-state index contributed by atoms with van der Waals surface area (Å²) in [6, 6.07) is 0. The summed E-state index contributed by atoms with van der Waals surface area (Å²) < 4.78 is 0. The third-order valence-corrected chi connectivity index (χ3v) is 1.64. The van der Waals surface area contributed by atoms with Crippen LogP contribution in [0, 0.1) is 0 Å². The molecule has 7 heteroatoms. The Morgan fingerprint density at radius 1 is 1.40 bits per heavy atom. The minimum Gasteiger partial charge on any atom is -0.481 e. The van der Waals surface area contributed by atoms with E-state index in [0.717, 1.165) is 4.90 Å². The van der Waals surface area contributed by atoms with Crippen molar-refractivity contribution in [3.05, 3.63) is 0 Å².